The van der Waals surface area contributed by atoms with E-state index in [0.717, 1.165) is 5.69 Å². The molecule has 1 aromatic carbocycles. The van der Waals surface area contributed by atoms with Gasteiger partial charge in [-0.05, 0) is 64.8 Å². The number of carbonyl (C=O) groups is 1. The number of hydrogen-bond donors (Lipinski definition) is 1. The molecule has 162 valence electrons. The van der Waals surface area contributed by atoms with Gasteiger partial charge in [-0.25, -0.2) is 14.2 Å². The van der Waals surface area contributed by atoms with E-state index in [-0.39, 0.29) is 17.8 Å². The Morgan fingerprint density at radius 1 is 1.13 bits per heavy atom. The number of ether oxygens (including phenoxy) is 1. The molecule has 31 heavy (non-hydrogen) atoms. The number of hydrogen-bond acceptors (Lipinski definition) is 5. The number of aromatic nitrogens is 4. The number of halogens is 1. The Balaban J connectivity index is 1.61. The third kappa shape index (κ3) is 4.57. The van der Waals surface area contributed by atoms with Gasteiger partial charge in [0.2, 0.25) is 0 Å². The highest BCUT2D eigenvalue weighted by molar-refractivity contribution is 5.68. The first-order chi connectivity index (χ1) is 14.7. The first kappa shape index (κ1) is 21.0. The summed E-state index contributed by atoms with van der Waals surface area (Å²) in [4.78, 5) is 16.6. The lowest BCUT2D eigenvalue weighted by Crippen LogP contribution is -2.45. The molecule has 0 unspecified atom stereocenters. The number of alkyl carbamates (subject to hydrolysis) is 1. The van der Waals surface area contributed by atoms with Crippen molar-refractivity contribution in [2.75, 3.05) is 0 Å². The predicted molar refractivity (Wildman–Crippen MR) is 114 cm³/mol. The van der Waals surface area contributed by atoms with E-state index in [1.807, 2.05) is 45.9 Å². The fourth-order valence-corrected chi connectivity index (χ4v) is 3.69. The minimum atomic E-state index is -0.548. The maximum absolute atomic E-state index is 14.7. The van der Waals surface area contributed by atoms with Crippen molar-refractivity contribution in [3.63, 3.8) is 0 Å². The zero-order valence-electron chi connectivity index (χ0n) is 18.1. The molecule has 1 aliphatic rings. The van der Waals surface area contributed by atoms with Gasteiger partial charge in [-0.1, -0.05) is 18.2 Å². The SMILES string of the molecule is Cc1cccc(-c2nnc(C3CC(NC(=O)OC(C)(C)C)C3)n2-c2ccccc2F)n1. The standard InChI is InChI=1S/C23H26FN5O2/c1-14-8-7-10-18(25-14)21-28-27-20(29(21)19-11-6-5-9-17(19)24)15-12-16(13-15)26-22(30)31-23(2,3)4/h5-11,15-16H,12-13H2,1-4H3,(H,26,30). The van der Waals surface area contributed by atoms with Gasteiger partial charge in [0.15, 0.2) is 5.82 Å². The Bertz CT molecular complexity index is 1100. The van der Waals surface area contributed by atoms with Crippen LogP contribution >= 0.6 is 0 Å². The first-order valence-corrected chi connectivity index (χ1v) is 10.3. The van der Waals surface area contributed by atoms with Gasteiger partial charge in [0, 0.05) is 17.7 Å². The number of amides is 1. The molecular weight excluding hydrogens is 397 g/mol. The van der Waals surface area contributed by atoms with Crippen molar-refractivity contribution in [3.8, 4) is 17.2 Å². The van der Waals surface area contributed by atoms with Gasteiger partial charge in [0.25, 0.3) is 0 Å². The summed E-state index contributed by atoms with van der Waals surface area (Å²) in [5.74, 6) is 0.823. The van der Waals surface area contributed by atoms with Crippen molar-refractivity contribution in [2.24, 2.45) is 0 Å². The molecule has 2 heterocycles. The average Bonchev–Trinajstić information content (AvgIpc) is 3.07. The lowest BCUT2D eigenvalue weighted by Gasteiger charge is -2.35. The third-order valence-electron chi connectivity index (χ3n) is 5.12. The van der Waals surface area contributed by atoms with E-state index in [0.29, 0.717) is 35.9 Å². The number of rotatable bonds is 4. The van der Waals surface area contributed by atoms with E-state index in [2.05, 4.69) is 20.5 Å². The van der Waals surface area contributed by atoms with Crippen molar-refractivity contribution in [1.29, 1.82) is 0 Å². The highest BCUT2D eigenvalue weighted by Gasteiger charge is 2.37. The number of nitrogens with zero attached hydrogens (tertiary/aromatic N) is 4. The Kier molecular flexibility index (Phi) is 5.47. The fourth-order valence-electron chi connectivity index (χ4n) is 3.69. The van der Waals surface area contributed by atoms with Gasteiger partial charge in [-0.2, -0.15) is 0 Å². The van der Waals surface area contributed by atoms with Crippen LogP contribution in [0.5, 0.6) is 0 Å². The number of para-hydroxylation sites is 1. The van der Waals surface area contributed by atoms with Crippen LogP contribution < -0.4 is 5.32 Å². The minimum absolute atomic E-state index is 0.0221. The molecule has 0 aliphatic heterocycles. The van der Waals surface area contributed by atoms with E-state index in [9.17, 15) is 9.18 Å². The maximum atomic E-state index is 14.7. The summed E-state index contributed by atoms with van der Waals surface area (Å²) in [6.45, 7) is 7.38. The van der Waals surface area contributed by atoms with E-state index in [1.54, 1.807) is 22.8 Å². The Morgan fingerprint density at radius 2 is 1.87 bits per heavy atom. The number of aryl methyl sites for hydroxylation is 1. The van der Waals surface area contributed by atoms with Crippen molar-refractivity contribution >= 4 is 6.09 Å². The molecule has 0 bridgehead atoms. The molecule has 2 aromatic heterocycles. The number of carbonyl (C=O) groups excluding carboxylic acids is 1. The van der Waals surface area contributed by atoms with E-state index in [4.69, 9.17) is 4.74 Å². The second-order valence-corrected chi connectivity index (χ2v) is 8.84. The van der Waals surface area contributed by atoms with Gasteiger partial charge in [0.1, 0.15) is 22.9 Å². The zero-order valence-corrected chi connectivity index (χ0v) is 18.1. The van der Waals surface area contributed by atoms with E-state index >= 15 is 0 Å². The first-order valence-electron chi connectivity index (χ1n) is 10.3. The Morgan fingerprint density at radius 3 is 2.55 bits per heavy atom. The molecule has 1 fully saturated rings. The van der Waals surface area contributed by atoms with Gasteiger partial charge >= 0.3 is 6.09 Å². The lowest BCUT2D eigenvalue weighted by atomic mass is 9.79. The van der Waals surface area contributed by atoms with Crippen LogP contribution in [0, 0.1) is 12.7 Å². The molecule has 0 spiro atoms. The summed E-state index contributed by atoms with van der Waals surface area (Å²) in [6, 6.07) is 12.2. The molecule has 1 amide bonds. The van der Waals surface area contributed by atoms with Crippen LogP contribution in [0.3, 0.4) is 0 Å². The number of benzene rings is 1. The highest BCUT2D eigenvalue weighted by atomic mass is 19.1. The van der Waals surface area contributed by atoms with E-state index < -0.39 is 11.7 Å². The smallest absolute Gasteiger partial charge is 0.407 e. The second kappa shape index (κ2) is 8.09. The largest absolute Gasteiger partial charge is 0.444 e. The highest BCUT2D eigenvalue weighted by Crippen LogP contribution is 2.38. The van der Waals surface area contributed by atoms with Crippen LogP contribution in [0.15, 0.2) is 42.5 Å². The molecule has 1 aliphatic carbocycles. The van der Waals surface area contributed by atoms with Crippen LogP contribution in [0.4, 0.5) is 9.18 Å². The minimum Gasteiger partial charge on any atom is -0.444 e. The normalized spacial score (nSPS) is 18.4. The van der Waals surface area contributed by atoms with Crippen LogP contribution in [0.25, 0.3) is 17.2 Å². The summed E-state index contributed by atoms with van der Waals surface area (Å²) in [5.41, 5.74) is 1.30. The number of nitrogens with one attached hydrogen (secondary N) is 1. The van der Waals surface area contributed by atoms with Crippen molar-refractivity contribution in [1.82, 2.24) is 25.1 Å². The fraction of sp³-hybridized carbons (Fsp3) is 0.391. The van der Waals surface area contributed by atoms with Crippen LogP contribution in [0.2, 0.25) is 0 Å². The second-order valence-electron chi connectivity index (χ2n) is 8.84. The van der Waals surface area contributed by atoms with Gasteiger partial charge < -0.3 is 10.1 Å². The van der Waals surface area contributed by atoms with Gasteiger partial charge in [-0.3, -0.25) is 4.57 Å². The molecule has 0 radical (unpaired) electrons. The molecule has 1 saturated carbocycles. The average molecular weight is 423 g/mol. The molecule has 0 saturated heterocycles. The topological polar surface area (TPSA) is 81.9 Å². The number of pyridine rings is 1. The summed E-state index contributed by atoms with van der Waals surface area (Å²) in [7, 11) is 0. The van der Waals surface area contributed by atoms with Gasteiger partial charge in [0.05, 0.1) is 5.69 Å². The molecule has 8 heteroatoms. The summed E-state index contributed by atoms with van der Waals surface area (Å²) >= 11 is 0. The molecule has 4 rings (SSSR count). The molecule has 3 aromatic rings. The van der Waals surface area contributed by atoms with Crippen molar-refractivity contribution < 1.29 is 13.9 Å². The summed E-state index contributed by atoms with van der Waals surface area (Å²) in [6.07, 6.45) is 0.913. The summed E-state index contributed by atoms with van der Waals surface area (Å²) in [5, 5.41) is 11.6. The molecule has 1 N–H and O–H groups in total. The van der Waals surface area contributed by atoms with E-state index in [1.165, 1.54) is 6.07 Å². The monoisotopic (exact) mass is 423 g/mol. The third-order valence-corrected chi connectivity index (χ3v) is 5.12. The molecular formula is C23H26FN5O2. The van der Waals surface area contributed by atoms with Crippen molar-refractivity contribution in [2.45, 2.75) is 58.1 Å². The Hall–Kier alpha value is -3.29. The van der Waals surface area contributed by atoms with Crippen molar-refractivity contribution in [3.05, 3.63) is 59.8 Å². The zero-order chi connectivity index (χ0) is 22.2. The maximum Gasteiger partial charge on any atom is 0.407 e. The predicted octanol–water partition coefficient (Wildman–Crippen LogP) is 4.55. The van der Waals surface area contributed by atoms with Gasteiger partial charge in [-0.15, -0.1) is 10.2 Å². The molecule has 7 nitrogen and oxygen atoms in total. The lowest BCUT2D eigenvalue weighted by molar-refractivity contribution is 0.0469. The molecule has 0 atom stereocenters. The Labute approximate surface area is 180 Å². The van der Waals surface area contributed by atoms with Crippen LogP contribution in [-0.4, -0.2) is 37.5 Å². The van der Waals surface area contributed by atoms with Crippen LogP contribution in [-0.2, 0) is 4.74 Å². The summed E-state index contributed by atoms with van der Waals surface area (Å²) < 4.78 is 21.8. The van der Waals surface area contributed by atoms with Crippen LogP contribution in [0.1, 0.15) is 51.0 Å². The quantitative estimate of drug-likeness (QED) is 0.666.